The minimum atomic E-state index is -0.317. The summed E-state index contributed by atoms with van der Waals surface area (Å²) in [6.07, 6.45) is 5.05. The molecule has 0 saturated heterocycles. The Balaban J connectivity index is 1.51. The molecule has 2 heterocycles. The van der Waals surface area contributed by atoms with E-state index in [2.05, 4.69) is 15.6 Å². The molecule has 2 aromatic carbocycles. The zero-order valence-corrected chi connectivity index (χ0v) is 17.2. The second-order valence-corrected chi connectivity index (χ2v) is 7.08. The van der Waals surface area contributed by atoms with E-state index < -0.39 is 0 Å². The molecule has 0 unspecified atom stereocenters. The highest BCUT2D eigenvalue weighted by atomic mass is 16.5. The van der Waals surface area contributed by atoms with Crippen molar-refractivity contribution in [3.05, 3.63) is 90.3 Å². The average molecular weight is 414 g/mol. The molecule has 0 atom stereocenters. The highest BCUT2D eigenvalue weighted by molar-refractivity contribution is 5.95. The van der Waals surface area contributed by atoms with E-state index in [0.717, 1.165) is 5.69 Å². The Morgan fingerprint density at radius 2 is 1.87 bits per heavy atom. The van der Waals surface area contributed by atoms with Gasteiger partial charge >= 0.3 is 0 Å². The number of aromatic nitrogens is 2. The topological polar surface area (TPSA) is 81.6 Å². The molecule has 0 aliphatic heterocycles. The Morgan fingerprint density at radius 1 is 1.10 bits per heavy atom. The third kappa shape index (κ3) is 4.90. The molecule has 0 aliphatic rings. The highest BCUT2D eigenvalue weighted by Gasteiger charge is 2.13. The zero-order valence-electron chi connectivity index (χ0n) is 17.2. The normalized spacial score (nSPS) is 11.2. The standard InChI is InChI=1S/C24H22N4O3/c1-17(2)31-21-12-10-18(11-13-21)24(29)26-25-15-19-16-28(20-7-4-3-5-8-20)27-23(19)22-9-6-14-30-22/h3-17H,1-2H3,(H,26,29)/b25-15-. The number of hydrazone groups is 1. The molecule has 0 spiro atoms. The second-order valence-electron chi connectivity index (χ2n) is 7.08. The third-order valence-electron chi connectivity index (χ3n) is 4.38. The number of amides is 1. The molecule has 4 aromatic rings. The third-order valence-corrected chi connectivity index (χ3v) is 4.38. The van der Waals surface area contributed by atoms with Crippen molar-refractivity contribution in [2.75, 3.05) is 0 Å². The summed E-state index contributed by atoms with van der Waals surface area (Å²) < 4.78 is 12.8. The van der Waals surface area contributed by atoms with Gasteiger partial charge in [-0.15, -0.1) is 0 Å². The van der Waals surface area contributed by atoms with Crippen LogP contribution in [0.25, 0.3) is 17.1 Å². The number of nitrogens with zero attached hydrogens (tertiary/aromatic N) is 3. The largest absolute Gasteiger partial charge is 0.491 e. The number of furan rings is 1. The van der Waals surface area contributed by atoms with Crippen LogP contribution in [0, 0.1) is 0 Å². The molecule has 2 aromatic heterocycles. The molecular formula is C24H22N4O3. The summed E-state index contributed by atoms with van der Waals surface area (Å²) in [6, 6.07) is 20.3. The Morgan fingerprint density at radius 3 is 2.55 bits per heavy atom. The summed E-state index contributed by atoms with van der Waals surface area (Å²) in [7, 11) is 0. The summed E-state index contributed by atoms with van der Waals surface area (Å²) in [6.45, 7) is 3.90. The SMILES string of the molecule is CC(C)Oc1ccc(C(=O)N/N=C\c2cn(-c3ccccc3)nc2-c2ccco2)cc1. The number of rotatable bonds is 7. The maximum Gasteiger partial charge on any atom is 0.271 e. The first-order valence-corrected chi connectivity index (χ1v) is 9.89. The number of ether oxygens (including phenoxy) is 1. The van der Waals surface area contributed by atoms with E-state index >= 15 is 0 Å². The summed E-state index contributed by atoms with van der Waals surface area (Å²) in [4.78, 5) is 12.4. The first-order chi connectivity index (χ1) is 15.1. The van der Waals surface area contributed by atoms with Gasteiger partial charge in [0.05, 0.1) is 24.3 Å². The lowest BCUT2D eigenvalue weighted by Crippen LogP contribution is -2.17. The fraction of sp³-hybridized carbons (Fsp3) is 0.125. The van der Waals surface area contributed by atoms with Crippen LogP contribution in [0.3, 0.4) is 0 Å². The van der Waals surface area contributed by atoms with Gasteiger partial charge in [-0.1, -0.05) is 18.2 Å². The molecule has 0 fully saturated rings. The van der Waals surface area contributed by atoms with Gasteiger partial charge in [-0.05, 0) is 62.4 Å². The number of hydrogen-bond donors (Lipinski definition) is 1. The van der Waals surface area contributed by atoms with Crippen molar-refractivity contribution in [2.45, 2.75) is 20.0 Å². The van der Waals surface area contributed by atoms with E-state index in [1.165, 1.54) is 0 Å². The molecule has 31 heavy (non-hydrogen) atoms. The van der Waals surface area contributed by atoms with Gasteiger partial charge in [-0.2, -0.15) is 10.2 Å². The van der Waals surface area contributed by atoms with E-state index in [4.69, 9.17) is 9.15 Å². The van der Waals surface area contributed by atoms with Crippen LogP contribution in [0.2, 0.25) is 0 Å². The number of carbonyl (C=O) groups excluding carboxylic acids is 1. The smallest absolute Gasteiger partial charge is 0.271 e. The fourth-order valence-electron chi connectivity index (χ4n) is 2.98. The van der Waals surface area contributed by atoms with Crippen LogP contribution in [-0.4, -0.2) is 28.0 Å². The predicted octanol–water partition coefficient (Wildman–Crippen LogP) is 4.68. The second kappa shape index (κ2) is 9.13. The lowest BCUT2D eigenvalue weighted by molar-refractivity contribution is 0.0955. The summed E-state index contributed by atoms with van der Waals surface area (Å²) in [5.74, 6) is 1.01. The van der Waals surface area contributed by atoms with Crippen molar-refractivity contribution < 1.29 is 13.9 Å². The van der Waals surface area contributed by atoms with Crippen molar-refractivity contribution >= 4 is 12.1 Å². The van der Waals surface area contributed by atoms with Crippen LogP contribution in [0.5, 0.6) is 5.75 Å². The molecule has 4 rings (SSSR count). The summed E-state index contributed by atoms with van der Waals surface area (Å²) >= 11 is 0. The molecule has 0 saturated carbocycles. The van der Waals surface area contributed by atoms with Crippen LogP contribution in [0.4, 0.5) is 0 Å². The zero-order chi connectivity index (χ0) is 21.6. The molecule has 156 valence electrons. The van der Waals surface area contributed by atoms with E-state index in [1.54, 1.807) is 47.5 Å². The van der Waals surface area contributed by atoms with Gasteiger partial charge in [0.2, 0.25) is 0 Å². The van der Waals surface area contributed by atoms with Crippen molar-refractivity contribution in [3.63, 3.8) is 0 Å². The predicted molar refractivity (Wildman–Crippen MR) is 119 cm³/mol. The number of nitrogens with one attached hydrogen (secondary N) is 1. The van der Waals surface area contributed by atoms with Crippen LogP contribution in [0.15, 0.2) is 88.7 Å². The van der Waals surface area contributed by atoms with Crippen LogP contribution in [0.1, 0.15) is 29.8 Å². The van der Waals surface area contributed by atoms with Gasteiger partial charge in [0.15, 0.2) is 5.76 Å². The molecule has 0 bridgehead atoms. The molecular weight excluding hydrogens is 392 g/mol. The molecule has 7 nitrogen and oxygen atoms in total. The lowest BCUT2D eigenvalue weighted by Gasteiger charge is -2.09. The molecule has 1 N–H and O–H groups in total. The van der Waals surface area contributed by atoms with Crippen molar-refractivity contribution in [2.24, 2.45) is 5.10 Å². The first-order valence-electron chi connectivity index (χ1n) is 9.89. The first kappa shape index (κ1) is 20.2. The minimum Gasteiger partial charge on any atom is -0.491 e. The summed E-state index contributed by atoms with van der Waals surface area (Å²) in [5.41, 5.74) is 5.28. The Hall–Kier alpha value is -4.13. The highest BCUT2D eigenvalue weighted by Crippen LogP contribution is 2.23. The maximum atomic E-state index is 12.4. The summed E-state index contributed by atoms with van der Waals surface area (Å²) in [5, 5.41) is 8.73. The van der Waals surface area contributed by atoms with E-state index in [0.29, 0.717) is 28.3 Å². The Kier molecular flexibility index (Phi) is 5.93. The van der Waals surface area contributed by atoms with Gasteiger partial charge in [0.1, 0.15) is 11.4 Å². The average Bonchev–Trinajstić information content (AvgIpc) is 3.44. The molecule has 7 heteroatoms. The van der Waals surface area contributed by atoms with Gasteiger partial charge in [-0.3, -0.25) is 4.79 Å². The van der Waals surface area contributed by atoms with Crippen LogP contribution in [-0.2, 0) is 0 Å². The number of carbonyl (C=O) groups is 1. The number of benzene rings is 2. The Labute approximate surface area is 180 Å². The molecule has 1 amide bonds. The van der Waals surface area contributed by atoms with E-state index in [-0.39, 0.29) is 12.0 Å². The molecule has 0 radical (unpaired) electrons. The monoisotopic (exact) mass is 414 g/mol. The maximum absolute atomic E-state index is 12.4. The van der Waals surface area contributed by atoms with Crippen LogP contribution >= 0.6 is 0 Å². The van der Waals surface area contributed by atoms with E-state index in [9.17, 15) is 4.79 Å². The van der Waals surface area contributed by atoms with Crippen LogP contribution < -0.4 is 10.2 Å². The van der Waals surface area contributed by atoms with Crippen molar-refractivity contribution in [3.8, 4) is 22.9 Å². The fourth-order valence-corrected chi connectivity index (χ4v) is 2.98. The quantitative estimate of drug-likeness (QED) is 0.352. The van der Waals surface area contributed by atoms with Gasteiger partial charge in [-0.25, -0.2) is 10.1 Å². The van der Waals surface area contributed by atoms with Crippen molar-refractivity contribution in [1.29, 1.82) is 0 Å². The minimum absolute atomic E-state index is 0.0736. The number of hydrogen-bond acceptors (Lipinski definition) is 5. The van der Waals surface area contributed by atoms with Gasteiger partial charge in [0.25, 0.3) is 5.91 Å². The van der Waals surface area contributed by atoms with Crippen molar-refractivity contribution in [1.82, 2.24) is 15.2 Å². The Bertz CT molecular complexity index is 1160. The van der Waals surface area contributed by atoms with E-state index in [1.807, 2.05) is 56.4 Å². The number of para-hydroxylation sites is 1. The van der Waals surface area contributed by atoms with Gasteiger partial charge < -0.3 is 9.15 Å². The molecule has 0 aliphatic carbocycles. The lowest BCUT2D eigenvalue weighted by atomic mass is 10.2. The van der Waals surface area contributed by atoms with Gasteiger partial charge in [0, 0.05) is 17.3 Å².